The molecule has 0 spiro atoms. The molecule has 0 atom stereocenters. The molecule has 1 amide bonds. The van der Waals surface area contributed by atoms with Crippen molar-refractivity contribution in [2.45, 2.75) is 20.4 Å². The van der Waals surface area contributed by atoms with E-state index >= 15 is 0 Å². The summed E-state index contributed by atoms with van der Waals surface area (Å²) in [5, 5.41) is 0.317. The lowest BCUT2D eigenvalue weighted by Gasteiger charge is -2.20. The van der Waals surface area contributed by atoms with Gasteiger partial charge in [-0.3, -0.25) is 9.69 Å². The minimum absolute atomic E-state index is 0.196. The number of esters is 2. The standard InChI is InChI=1S/C24H24N2O6S/c1-4-31-23(29)21-16(2)25-24(33-21)26(14-17-10-6-5-7-11-17)20(27)15-32-22(28)18-12-8-9-13-19(18)30-3/h5-13H,4,14-15H2,1-3H3. The van der Waals surface area contributed by atoms with Gasteiger partial charge in [0.2, 0.25) is 0 Å². The van der Waals surface area contributed by atoms with Gasteiger partial charge in [-0.05, 0) is 31.5 Å². The van der Waals surface area contributed by atoms with Crippen molar-refractivity contribution in [3.8, 4) is 5.75 Å². The first-order valence-electron chi connectivity index (χ1n) is 10.2. The zero-order chi connectivity index (χ0) is 23.8. The van der Waals surface area contributed by atoms with E-state index < -0.39 is 24.5 Å². The monoisotopic (exact) mass is 468 g/mol. The molecule has 0 aliphatic heterocycles. The summed E-state index contributed by atoms with van der Waals surface area (Å²) in [6.45, 7) is 3.32. The van der Waals surface area contributed by atoms with E-state index in [1.165, 1.54) is 12.0 Å². The largest absolute Gasteiger partial charge is 0.496 e. The molecular weight excluding hydrogens is 444 g/mol. The Hall–Kier alpha value is -3.72. The van der Waals surface area contributed by atoms with Crippen LogP contribution < -0.4 is 9.64 Å². The molecule has 0 fully saturated rings. The molecule has 0 aliphatic rings. The number of benzene rings is 2. The van der Waals surface area contributed by atoms with Crippen molar-refractivity contribution in [1.29, 1.82) is 0 Å². The molecule has 0 N–H and O–H groups in total. The summed E-state index contributed by atoms with van der Waals surface area (Å²) in [4.78, 5) is 44.0. The van der Waals surface area contributed by atoms with E-state index in [9.17, 15) is 14.4 Å². The van der Waals surface area contributed by atoms with Gasteiger partial charge in [-0.25, -0.2) is 14.6 Å². The second-order valence-electron chi connectivity index (χ2n) is 6.87. The van der Waals surface area contributed by atoms with Crippen LogP contribution in [0, 0.1) is 6.92 Å². The maximum atomic E-state index is 13.1. The number of aromatic nitrogens is 1. The lowest BCUT2D eigenvalue weighted by Crippen LogP contribution is -2.34. The Morgan fingerprint density at radius 2 is 1.67 bits per heavy atom. The van der Waals surface area contributed by atoms with Gasteiger partial charge in [0.25, 0.3) is 5.91 Å². The van der Waals surface area contributed by atoms with Crippen LogP contribution in [0.1, 0.15) is 38.2 Å². The minimum Gasteiger partial charge on any atom is -0.496 e. The summed E-state index contributed by atoms with van der Waals surface area (Å²) in [6, 6.07) is 15.9. The summed E-state index contributed by atoms with van der Waals surface area (Å²) in [7, 11) is 1.45. The highest BCUT2D eigenvalue weighted by molar-refractivity contribution is 7.17. The molecule has 0 radical (unpaired) electrons. The molecule has 0 aliphatic carbocycles. The molecule has 1 heterocycles. The lowest BCUT2D eigenvalue weighted by atomic mass is 10.2. The van der Waals surface area contributed by atoms with E-state index in [1.54, 1.807) is 38.1 Å². The van der Waals surface area contributed by atoms with Crippen LogP contribution in [0.4, 0.5) is 5.13 Å². The van der Waals surface area contributed by atoms with E-state index in [1.807, 2.05) is 30.3 Å². The SMILES string of the molecule is CCOC(=O)c1sc(N(Cc2ccccc2)C(=O)COC(=O)c2ccccc2OC)nc1C. The molecule has 33 heavy (non-hydrogen) atoms. The van der Waals surface area contributed by atoms with Gasteiger partial charge in [-0.1, -0.05) is 53.8 Å². The Kier molecular flexibility index (Phi) is 8.15. The molecule has 0 saturated carbocycles. The minimum atomic E-state index is -0.678. The quantitative estimate of drug-likeness (QED) is 0.438. The maximum Gasteiger partial charge on any atom is 0.350 e. The van der Waals surface area contributed by atoms with Gasteiger partial charge in [0, 0.05) is 0 Å². The highest BCUT2D eigenvalue weighted by atomic mass is 32.1. The number of methoxy groups -OCH3 is 1. The average Bonchev–Trinajstić information content (AvgIpc) is 3.22. The van der Waals surface area contributed by atoms with Gasteiger partial charge in [0.05, 0.1) is 26.0 Å². The van der Waals surface area contributed by atoms with Crippen molar-refractivity contribution < 1.29 is 28.6 Å². The number of hydrogen-bond donors (Lipinski definition) is 0. The number of thiazole rings is 1. The Balaban J connectivity index is 1.82. The molecule has 0 unspecified atom stereocenters. The van der Waals surface area contributed by atoms with Gasteiger partial charge in [0.1, 0.15) is 16.2 Å². The third-order valence-corrected chi connectivity index (χ3v) is 5.78. The summed E-state index contributed by atoms with van der Waals surface area (Å²) < 4.78 is 15.5. The van der Waals surface area contributed by atoms with E-state index in [-0.39, 0.29) is 18.7 Å². The highest BCUT2D eigenvalue weighted by Gasteiger charge is 2.25. The number of hydrogen-bond acceptors (Lipinski definition) is 8. The number of ether oxygens (including phenoxy) is 3. The Morgan fingerprint density at radius 1 is 0.970 bits per heavy atom. The van der Waals surface area contributed by atoms with Crippen molar-refractivity contribution in [1.82, 2.24) is 4.98 Å². The summed E-state index contributed by atoms with van der Waals surface area (Å²) in [5.74, 6) is -1.30. The Morgan fingerprint density at radius 3 is 2.36 bits per heavy atom. The number of amides is 1. The van der Waals surface area contributed by atoms with Crippen LogP contribution in [-0.2, 0) is 20.8 Å². The second kappa shape index (κ2) is 11.2. The van der Waals surface area contributed by atoms with Gasteiger partial charge in [-0.15, -0.1) is 0 Å². The second-order valence-corrected chi connectivity index (χ2v) is 7.85. The van der Waals surface area contributed by atoms with Crippen LogP contribution in [0.3, 0.4) is 0 Å². The molecule has 9 heteroatoms. The molecule has 3 rings (SSSR count). The number of aryl methyl sites for hydroxylation is 1. The third-order valence-electron chi connectivity index (χ3n) is 4.62. The van der Waals surface area contributed by atoms with Crippen LogP contribution in [-0.4, -0.2) is 43.2 Å². The number of carbonyl (C=O) groups excluding carboxylic acids is 3. The Bertz CT molecular complexity index is 1130. The van der Waals surface area contributed by atoms with E-state index in [2.05, 4.69) is 4.98 Å². The molecule has 8 nitrogen and oxygen atoms in total. The van der Waals surface area contributed by atoms with Gasteiger partial charge in [0.15, 0.2) is 11.7 Å². The number of rotatable bonds is 9. The first kappa shape index (κ1) is 23.9. The fourth-order valence-corrected chi connectivity index (χ4v) is 3.99. The van der Waals surface area contributed by atoms with Crippen molar-refractivity contribution in [2.75, 3.05) is 25.2 Å². The summed E-state index contributed by atoms with van der Waals surface area (Å²) in [6.07, 6.45) is 0. The maximum absolute atomic E-state index is 13.1. The van der Waals surface area contributed by atoms with Crippen LogP contribution in [0.15, 0.2) is 54.6 Å². The number of nitrogens with zero attached hydrogens (tertiary/aromatic N) is 2. The zero-order valence-corrected chi connectivity index (χ0v) is 19.4. The molecule has 3 aromatic rings. The van der Waals surface area contributed by atoms with Crippen molar-refractivity contribution in [3.05, 3.63) is 76.3 Å². The average molecular weight is 469 g/mol. The van der Waals surface area contributed by atoms with Crippen LogP contribution in [0.2, 0.25) is 0 Å². The normalized spacial score (nSPS) is 10.4. The van der Waals surface area contributed by atoms with Gasteiger partial charge < -0.3 is 14.2 Å². The summed E-state index contributed by atoms with van der Waals surface area (Å²) in [5.41, 5.74) is 1.54. The van der Waals surface area contributed by atoms with E-state index in [0.717, 1.165) is 16.9 Å². The highest BCUT2D eigenvalue weighted by Crippen LogP contribution is 2.28. The molecule has 1 aromatic heterocycles. The predicted molar refractivity (Wildman–Crippen MR) is 124 cm³/mol. The lowest BCUT2D eigenvalue weighted by molar-refractivity contribution is -0.121. The van der Waals surface area contributed by atoms with Crippen LogP contribution >= 0.6 is 11.3 Å². The van der Waals surface area contributed by atoms with Crippen molar-refractivity contribution >= 4 is 34.3 Å². The van der Waals surface area contributed by atoms with E-state index in [4.69, 9.17) is 14.2 Å². The first-order chi connectivity index (χ1) is 15.9. The van der Waals surface area contributed by atoms with Crippen molar-refractivity contribution in [2.24, 2.45) is 0 Å². The molecule has 2 aromatic carbocycles. The summed E-state index contributed by atoms with van der Waals surface area (Å²) >= 11 is 1.06. The molecular formula is C24H24N2O6S. The zero-order valence-electron chi connectivity index (χ0n) is 18.6. The van der Waals surface area contributed by atoms with Crippen molar-refractivity contribution in [3.63, 3.8) is 0 Å². The molecule has 0 saturated heterocycles. The van der Waals surface area contributed by atoms with Crippen LogP contribution in [0.5, 0.6) is 5.75 Å². The first-order valence-corrected chi connectivity index (χ1v) is 11.0. The van der Waals surface area contributed by atoms with Gasteiger partial charge in [-0.2, -0.15) is 0 Å². The number of anilines is 1. The molecule has 0 bridgehead atoms. The topological polar surface area (TPSA) is 95.0 Å². The van der Waals surface area contributed by atoms with Gasteiger partial charge >= 0.3 is 11.9 Å². The fraction of sp³-hybridized carbons (Fsp3) is 0.250. The van der Waals surface area contributed by atoms with E-state index in [0.29, 0.717) is 21.5 Å². The number of para-hydroxylation sites is 1. The Labute approximate surface area is 195 Å². The molecule has 172 valence electrons. The smallest absolute Gasteiger partial charge is 0.350 e. The van der Waals surface area contributed by atoms with Crippen LogP contribution in [0.25, 0.3) is 0 Å². The number of carbonyl (C=O) groups is 3. The predicted octanol–water partition coefficient (Wildman–Crippen LogP) is 4.03. The fourth-order valence-electron chi connectivity index (χ4n) is 3.01. The third kappa shape index (κ3) is 5.95.